The van der Waals surface area contributed by atoms with Crippen molar-refractivity contribution in [3.8, 4) is 11.5 Å². The number of benzene rings is 1. The van der Waals surface area contributed by atoms with Crippen LogP contribution in [0.1, 0.15) is 0 Å². The van der Waals surface area contributed by atoms with Crippen molar-refractivity contribution < 1.29 is 4.74 Å². The van der Waals surface area contributed by atoms with Crippen molar-refractivity contribution in [2.45, 2.75) is 0 Å². The third kappa shape index (κ3) is 2.41. The van der Waals surface area contributed by atoms with Gasteiger partial charge in [-0.3, -0.25) is 4.68 Å². The lowest BCUT2D eigenvalue weighted by molar-refractivity contribution is 0.478. The molecule has 2 aromatic rings. The van der Waals surface area contributed by atoms with E-state index in [0.29, 0.717) is 0 Å². The second-order valence-electron chi connectivity index (χ2n) is 3.14. The van der Waals surface area contributed by atoms with Crippen molar-refractivity contribution in [1.29, 1.82) is 0 Å². The van der Waals surface area contributed by atoms with Gasteiger partial charge in [-0.15, -0.1) is 0 Å². The highest BCUT2D eigenvalue weighted by Crippen LogP contribution is 2.27. The largest absolute Gasteiger partial charge is 0.453 e. The molecule has 5 heteroatoms. The summed E-state index contributed by atoms with van der Waals surface area (Å²) in [7, 11) is 1.85. The topological polar surface area (TPSA) is 53.1 Å². The van der Waals surface area contributed by atoms with Gasteiger partial charge >= 0.3 is 0 Å². The van der Waals surface area contributed by atoms with Gasteiger partial charge < -0.3 is 10.5 Å². The van der Waals surface area contributed by atoms with Gasteiger partial charge in [0.15, 0.2) is 5.75 Å². The SMILES string of the molecule is Cn1cc(Oc2ccc(N)cc2I)cn1. The molecule has 0 fully saturated rings. The fourth-order valence-electron chi connectivity index (χ4n) is 1.18. The van der Waals surface area contributed by atoms with E-state index < -0.39 is 0 Å². The zero-order chi connectivity index (χ0) is 10.8. The molecule has 2 N–H and O–H groups in total. The van der Waals surface area contributed by atoms with E-state index >= 15 is 0 Å². The van der Waals surface area contributed by atoms with Crippen LogP contribution in [-0.4, -0.2) is 9.78 Å². The molecule has 0 bridgehead atoms. The number of anilines is 1. The quantitative estimate of drug-likeness (QED) is 0.684. The smallest absolute Gasteiger partial charge is 0.165 e. The predicted octanol–water partition coefficient (Wildman–Crippen LogP) is 2.40. The summed E-state index contributed by atoms with van der Waals surface area (Å²) >= 11 is 2.19. The number of rotatable bonds is 2. The minimum Gasteiger partial charge on any atom is -0.453 e. The van der Waals surface area contributed by atoms with Crippen molar-refractivity contribution in [1.82, 2.24) is 9.78 Å². The van der Waals surface area contributed by atoms with Crippen LogP contribution in [0.5, 0.6) is 11.5 Å². The Morgan fingerprint density at radius 3 is 2.87 bits per heavy atom. The summed E-state index contributed by atoms with van der Waals surface area (Å²) in [5.41, 5.74) is 6.38. The first kappa shape index (κ1) is 10.3. The maximum atomic E-state index is 5.65. The number of ether oxygens (including phenoxy) is 1. The van der Waals surface area contributed by atoms with Crippen LogP contribution in [0.4, 0.5) is 5.69 Å². The van der Waals surface area contributed by atoms with Crippen molar-refractivity contribution in [3.63, 3.8) is 0 Å². The Labute approximate surface area is 101 Å². The average molecular weight is 315 g/mol. The summed E-state index contributed by atoms with van der Waals surface area (Å²) in [6, 6.07) is 5.53. The number of nitrogens with two attached hydrogens (primary N) is 1. The average Bonchev–Trinajstić information content (AvgIpc) is 2.56. The Morgan fingerprint density at radius 1 is 1.47 bits per heavy atom. The van der Waals surface area contributed by atoms with Gasteiger partial charge in [-0.1, -0.05) is 0 Å². The molecule has 0 spiro atoms. The van der Waals surface area contributed by atoms with Crippen LogP contribution in [0, 0.1) is 3.57 Å². The predicted molar refractivity (Wildman–Crippen MR) is 66.9 cm³/mol. The normalized spacial score (nSPS) is 10.3. The van der Waals surface area contributed by atoms with Crippen LogP contribution >= 0.6 is 22.6 Å². The molecular weight excluding hydrogens is 305 g/mol. The van der Waals surface area contributed by atoms with E-state index in [9.17, 15) is 0 Å². The first-order valence-electron chi connectivity index (χ1n) is 4.36. The van der Waals surface area contributed by atoms with E-state index in [1.54, 1.807) is 10.9 Å². The maximum absolute atomic E-state index is 5.65. The van der Waals surface area contributed by atoms with E-state index in [1.807, 2.05) is 31.4 Å². The molecule has 0 aliphatic carbocycles. The van der Waals surface area contributed by atoms with Gasteiger partial charge in [0.1, 0.15) is 5.75 Å². The summed E-state index contributed by atoms with van der Waals surface area (Å²) < 4.78 is 8.32. The first-order chi connectivity index (χ1) is 7.15. The van der Waals surface area contributed by atoms with Crippen LogP contribution in [0.15, 0.2) is 30.6 Å². The van der Waals surface area contributed by atoms with E-state index in [2.05, 4.69) is 27.7 Å². The number of aromatic nitrogens is 2. The standard InChI is InChI=1S/C10H10IN3O/c1-14-6-8(5-13-14)15-10-3-2-7(12)4-9(10)11/h2-6H,12H2,1H3. The minimum atomic E-state index is 0.722. The Kier molecular flexibility index (Phi) is 2.81. The lowest BCUT2D eigenvalue weighted by Gasteiger charge is -2.05. The number of nitrogens with zero attached hydrogens (tertiary/aromatic N) is 2. The summed E-state index contributed by atoms with van der Waals surface area (Å²) in [5, 5.41) is 4.02. The Hall–Kier alpha value is -1.24. The number of halogens is 1. The van der Waals surface area contributed by atoms with Crippen molar-refractivity contribution in [2.24, 2.45) is 7.05 Å². The molecule has 0 saturated heterocycles. The van der Waals surface area contributed by atoms with E-state index in [-0.39, 0.29) is 0 Å². The van der Waals surface area contributed by atoms with Crippen molar-refractivity contribution in [2.75, 3.05) is 5.73 Å². The van der Waals surface area contributed by atoms with Gasteiger partial charge in [0.05, 0.1) is 16.0 Å². The molecule has 15 heavy (non-hydrogen) atoms. The van der Waals surface area contributed by atoms with Gasteiger partial charge in [-0.25, -0.2) is 0 Å². The van der Waals surface area contributed by atoms with E-state index in [4.69, 9.17) is 10.5 Å². The molecular formula is C10H10IN3O. The molecule has 2 rings (SSSR count). The Bertz CT molecular complexity index is 481. The lowest BCUT2D eigenvalue weighted by Crippen LogP contribution is -1.89. The molecule has 0 amide bonds. The van der Waals surface area contributed by atoms with Gasteiger partial charge in [0.25, 0.3) is 0 Å². The van der Waals surface area contributed by atoms with Crippen LogP contribution in [-0.2, 0) is 7.05 Å². The summed E-state index contributed by atoms with van der Waals surface area (Å²) in [6.45, 7) is 0. The fraction of sp³-hybridized carbons (Fsp3) is 0.100. The highest BCUT2D eigenvalue weighted by atomic mass is 127. The van der Waals surface area contributed by atoms with Crippen molar-refractivity contribution in [3.05, 3.63) is 34.2 Å². The van der Waals surface area contributed by atoms with Gasteiger partial charge in [-0.2, -0.15) is 5.10 Å². The maximum Gasteiger partial charge on any atom is 0.165 e. The number of hydrogen-bond acceptors (Lipinski definition) is 3. The molecule has 0 saturated carbocycles. The summed E-state index contributed by atoms with van der Waals surface area (Å²) in [6.07, 6.45) is 3.48. The molecule has 0 unspecified atom stereocenters. The second kappa shape index (κ2) is 4.09. The van der Waals surface area contributed by atoms with Gasteiger partial charge in [0, 0.05) is 12.7 Å². The Morgan fingerprint density at radius 2 is 2.27 bits per heavy atom. The highest BCUT2D eigenvalue weighted by molar-refractivity contribution is 14.1. The van der Waals surface area contributed by atoms with Crippen LogP contribution in [0.25, 0.3) is 0 Å². The number of nitrogen functional groups attached to an aromatic ring is 1. The molecule has 78 valence electrons. The molecule has 0 aliphatic rings. The molecule has 4 nitrogen and oxygen atoms in total. The summed E-state index contributed by atoms with van der Waals surface area (Å²) in [4.78, 5) is 0. The Balaban J connectivity index is 2.24. The number of hydrogen-bond donors (Lipinski definition) is 1. The monoisotopic (exact) mass is 315 g/mol. The molecule has 1 aromatic carbocycles. The third-order valence-electron chi connectivity index (χ3n) is 1.86. The molecule has 1 aromatic heterocycles. The van der Waals surface area contributed by atoms with E-state index in [0.717, 1.165) is 20.8 Å². The minimum absolute atomic E-state index is 0.722. The van der Waals surface area contributed by atoms with Crippen LogP contribution in [0.3, 0.4) is 0 Å². The second-order valence-corrected chi connectivity index (χ2v) is 4.30. The fourth-order valence-corrected chi connectivity index (χ4v) is 1.83. The summed E-state index contributed by atoms with van der Waals surface area (Å²) in [5.74, 6) is 1.51. The number of aryl methyl sites for hydroxylation is 1. The first-order valence-corrected chi connectivity index (χ1v) is 5.44. The van der Waals surface area contributed by atoms with Crippen molar-refractivity contribution >= 4 is 28.3 Å². The zero-order valence-corrected chi connectivity index (χ0v) is 10.3. The highest BCUT2D eigenvalue weighted by Gasteiger charge is 2.04. The van der Waals surface area contributed by atoms with Gasteiger partial charge in [-0.05, 0) is 40.8 Å². The molecule has 0 radical (unpaired) electrons. The van der Waals surface area contributed by atoms with Gasteiger partial charge in [0.2, 0.25) is 0 Å². The lowest BCUT2D eigenvalue weighted by atomic mass is 10.3. The third-order valence-corrected chi connectivity index (χ3v) is 2.71. The molecule has 1 heterocycles. The zero-order valence-electron chi connectivity index (χ0n) is 8.14. The molecule has 0 atom stereocenters. The molecule has 0 aliphatic heterocycles. The van der Waals surface area contributed by atoms with E-state index in [1.165, 1.54) is 0 Å². The van der Waals surface area contributed by atoms with Crippen LogP contribution in [0.2, 0.25) is 0 Å². The van der Waals surface area contributed by atoms with Crippen LogP contribution < -0.4 is 10.5 Å².